The number of piperidine rings is 1. The number of nitrogens with zero attached hydrogens (tertiary/aromatic N) is 4. The largest absolute Gasteiger partial charge is 0.390 e. The molecule has 7 heteroatoms. The van der Waals surface area contributed by atoms with Crippen LogP contribution in [0.3, 0.4) is 0 Å². The number of carbonyl (C=O) groups is 2. The van der Waals surface area contributed by atoms with Crippen LogP contribution in [0.25, 0.3) is 0 Å². The normalized spacial score (nSPS) is 19.6. The molecule has 3 heterocycles. The molecular formula is C29H38N4O3. The molecule has 0 aromatic heterocycles. The van der Waals surface area contributed by atoms with Crippen LogP contribution in [0.4, 0.5) is 5.69 Å². The molecule has 2 amide bonds. The minimum absolute atomic E-state index is 0.0149. The lowest BCUT2D eigenvalue weighted by molar-refractivity contribution is -0.133. The van der Waals surface area contributed by atoms with Crippen molar-refractivity contribution >= 4 is 17.5 Å². The fourth-order valence-corrected chi connectivity index (χ4v) is 5.96. The van der Waals surface area contributed by atoms with E-state index >= 15 is 0 Å². The summed E-state index contributed by atoms with van der Waals surface area (Å²) in [6, 6.07) is 14.6. The second-order valence-corrected chi connectivity index (χ2v) is 10.7. The van der Waals surface area contributed by atoms with Crippen LogP contribution in [-0.2, 0) is 24.2 Å². The third-order valence-corrected chi connectivity index (χ3v) is 8.02. The maximum Gasteiger partial charge on any atom is 0.254 e. The minimum Gasteiger partial charge on any atom is -0.390 e. The molecule has 1 N–H and O–H groups in total. The lowest BCUT2D eigenvalue weighted by atomic mass is 9.93. The molecule has 0 aliphatic carbocycles. The monoisotopic (exact) mass is 490 g/mol. The molecule has 1 saturated heterocycles. The Morgan fingerprint density at radius 2 is 1.69 bits per heavy atom. The molecular weight excluding hydrogens is 452 g/mol. The van der Waals surface area contributed by atoms with Crippen LogP contribution in [0.2, 0.25) is 0 Å². The first-order valence-electron chi connectivity index (χ1n) is 13.2. The number of β-amino-alcohol motifs (C(OH)–C–C–N with tert-alkyl or cyclic N) is 1. The van der Waals surface area contributed by atoms with Crippen molar-refractivity contribution in [2.45, 2.75) is 38.3 Å². The van der Waals surface area contributed by atoms with E-state index in [0.29, 0.717) is 19.6 Å². The van der Waals surface area contributed by atoms with Crippen LogP contribution in [0.15, 0.2) is 42.5 Å². The predicted octanol–water partition coefficient (Wildman–Crippen LogP) is 2.41. The summed E-state index contributed by atoms with van der Waals surface area (Å²) in [5, 5.41) is 10.8. The second-order valence-electron chi connectivity index (χ2n) is 10.7. The Bertz CT molecular complexity index is 1110. The van der Waals surface area contributed by atoms with Gasteiger partial charge in [0.1, 0.15) is 0 Å². The van der Waals surface area contributed by atoms with Gasteiger partial charge in [-0.15, -0.1) is 0 Å². The van der Waals surface area contributed by atoms with Gasteiger partial charge in [-0.1, -0.05) is 24.3 Å². The summed E-state index contributed by atoms with van der Waals surface area (Å²) in [5.74, 6) is 0.342. The molecule has 3 aliphatic rings. The zero-order valence-corrected chi connectivity index (χ0v) is 21.5. The Hall–Kier alpha value is -2.90. The maximum atomic E-state index is 13.2. The van der Waals surface area contributed by atoms with E-state index in [-0.39, 0.29) is 17.7 Å². The Morgan fingerprint density at radius 3 is 2.44 bits per heavy atom. The minimum atomic E-state index is -0.564. The molecule has 5 rings (SSSR count). The average molecular weight is 491 g/mol. The number of aliphatic hydroxyl groups is 1. The zero-order valence-electron chi connectivity index (χ0n) is 21.5. The van der Waals surface area contributed by atoms with Crippen LogP contribution >= 0.6 is 0 Å². The van der Waals surface area contributed by atoms with Gasteiger partial charge in [0.05, 0.1) is 6.10 Å². The third kappa shape index (κ3) is 5.27. The van der Waals surface area contributed by atoms with E-state index in [9.17, 15) is 14.7 Å². The van der Waals surface area contributed by atoms with Crippen molar-refractivity contribution < 1.29 is 14.7 Å². The van der Waals surface area contributed by atoms with Gasteiger partial charge >= 0.3 is 0 Å². The highest BCUT2D eigenvalue weighted by Gasteiger charge is 2.29. The summed E-state index contributed by atoms with van der Waals surface area (Å²) in [5.41, 5.74) is 5.71. The molecule has 36 heavy (non-hydrogen) atoms. The van der Waals surface area contributed by atoms with Crippen molar-refractivity contribution in [2.24, 2.45) is 5.92 Å². The molecule has 1 unspecified atom stereocenters. The fourth-order valence-electron chi connectivity index (χ4n) is 5.96. The number of carbonyl (C=O) groups excluding carboxylic acids is 2. The molecule has 0 saturated carbocycles. The summed E-state index contributed by atoms with van der Waals surface area (Å²) < 4.78 is 0. The summed E-state index contributed by atoms with van der Waals surface area (Å²) >= 11 is 0. The average Bonchev–Trinajstić information content (AvgIpc) is 2.89. The maximum absolute atomic E-state index is 13.2. The molecule has 1 fully saturated rings. The van der Waals surface area contributed by atoms with Gasteiger partial charge in [0, 0.05) is 77.1 Å². The van der Waals surface area contributed by atoms with E-state index in [2.05, 4.69) is 40.1 Å². The van der Waals surface area contributed by atoms with Crippen molar-refractivity contribution in [1.29, 1.82) is 0 Å². The molecule has 192 valence electrons. The van der Waals surface area contributed by atoms with Gasteiger partial charge in [-0.3, -0.25) is 14.5 Å². The van der Waals surface area contributed by atoms with Gasteiger partial charge in [0.2, 0.25) is 5.91 Å². The lowest BCUT2D eigenvalue weighted by Crippen LogP contribution is -2.46. The third-order valence-electron chi connectivity index (χ3n) is 8.02. The van der Waals surface area contributed by atoms with E-state index in [1.807, 2.05) is 31.1 Å². The quantitative estimate of drug-likeness (QED) is 0.674. The van der Waals surface area contributed by atoms with Gasteiger partial charge in [0.15, 0.2) is 0 Å². The Balaban J connectivity index is 1.16. The van der Waals surface area contributed by atoms with Crippen LogP contribution < -0.4 is 4.90 Å². The first-order chi connectivity index (χ1) is 17.4. The standard InChI is InChI=1S/C29H38N4O3/c1-30(2)28(35)22-10-14-32(15-11-22)25-7-8-27-23(17-25)12-16-33(29(27)36)20-26(34)19-31-13-9-21-5-3-4-6-24(21)18-31/h3-8,17,22,26,34H,9-16,18-20H2,1-2H3. The first-order valence-corrected chi connectivity index (χ1v) is 13.2. The number of benzene rings is 2. The summed E-state index contributed by atoms with van der Waals surface area (Å²) in [6.45, 7) is 5.09. The van der Waals surface area contributed by atoms with Gasteiger partial charge in [-0.25, -0.2) is 0 Å². The topological polar surface area (TPSA) is 67.3 Å². The van der Waals surface area contributed by atoms with Crippen LogP contribution in [0.5, 0.6) is 0 Å². The molecule has 7 nitrogen and oxygen atoms in total. The van der Waals surface area contributed by atoms with Gasteiger partial charge in [-0.2, -0.15) is 0 Å². The van der Waals surface area contributed by atoms with Crippen molar-refractivity contribution in [3.63, 3.8) is 0 Å². The number of fused-ring (bicyclic) bond motifs is 2. The summed E-state index contributed by atoms with van der Waals surface area (Å²) in [6.07, 6.45) is 2.97. The number of aliphatic hydroxyl groups excluding tert-OH is 1. The summed E-state index contributed by atoms with van der Waals surface area (Å²) in [4.78, 5) is 33.6. The molecule has 0 spiro atoms. The van der Waals surface area contributed by atoms with Gasteiger partial charge in [-0.05, 0) is 60.6 Å². The van der Waals surface area contributed by atoms with Crippen LogP contribution in [-0.4, -0.2) is 91.1 Å². The van der Waals surface area contributed by atoms with E-state index in [1.54, 1.807) is 4.90 Å². The highest BCUT2D eigenvalue weighted by Crippen LogP contribution is 2.29. The van der Waals surface area contributed by atoms with Gasteiger partial charge < -0.3 is 19.8 Å². The lowest BCUT2D eigenvalue weighted by Gasteiger charge is -2.36. The number of rotatable bonds is 6. The van der Waals surface area contributed by atoms with E-state index in [0.717, 1.165) is 68.7 Å². The van der Waals surface area contributed by atoms with E-state index < -0.39 is 6.10 Å². The molecule has 1 atom stereocenters. The Kier molecular flexibility index (Phi) is 7.30. The number of anilines is 1. The smallest absolute Gasteiger partial charge is 0.254 e. The van der Waals surface area contributed by atoms with Crippen LogP contribution in [0.1, 0.15) is 39.9 Å². The number of hydrogen-bond acceptors (Lipinski definition) is 5. The highest BCUT2D eigenvalue weighted by atomic mass is 16.3. The first kappa shape index (κ1) is 24.8. The van der Waals surface area contributed by atoms with Crippen molar-refractivity contribution in [3.8, 4) is 0 Å². The Labute approximate surface area is 214 Å². The number of amides is 2. The number of hydrogen-bond donors (Lipinski definition) is 1. The molecule has 3 aliphatic heterocycles. The second kappa shape index (κ2) is 10.6. The fraction of sp³-hybridized carbons (Fsp3) is 0.517. The van der Waals surface area contributed by atoms with Crippen molar-refractivity contribution in [3.05, 3.63) is 64.7 Å². The highest BCUT2D eigenvalue weighted by molar-refractivity contribution is 5.97. The predicted molar refractivity (Wildman–Crippen MR) is 141 cm³/mol. The molecule has 2 aromatic rings. The summed E-state index contributed by atoms with van der Waals surface area (Å²) in [7, 11) is 3.65. The van der Waals surface area contributed by atoms with E-state index in [1.165, 1.54) is 11.1 Å². The van der Waals surface area contributed by atoms with Crippen molar-refractivity contribution in [1.82, 2.24) is 14.7 Å². The van der Waals surface area contributed by atoms with E-state index in [4.69, 9.17) is 0 Å². The van der Waals surface area contributed by atoms with Gasteiger partial charge in [0.25, 0.3) is 5.91 Å². The molecule has 0 bridgehead atoms. The SMILES string of the molecule is CN(C)C(=O)C1CCN(c2ccc3c(c2)CCN(CC(O)CN2CCc4ccccc4C2)C3=O)CC1. The molecule has 2 aromatic carbocycles. The van der Waals surface area contributed by atoms with Crippen molar-refractivity contribution in [2.75, 3.05) is 58.3 Å². The Morgan fingerprint density at radius 1 is 0.972 bits per heavy atom. The molecule has 0 radical (unpaired) electrons. The van der Waals surface area contributed by atoms with Crippen LogP contribution in [0, 0.1) is 5.92 Å². The zero-order chi connectivity index (χ0) is 25.2.